The molecule has 1 fully saturated rings. The SMILES string of the molecule is Cc1nc(CN(C)C[C@H]2CC(=O)N(C(C)(C)C)C2)n(C)c1C. The van der Waals surface area contributed by atoms with Crippen LogP contribution in [0.2, 0.25) is 0 Å². The number of hydrogen-bond donors (Lipinski definition) is 0. The number of aromatic nitrogens is 2. The minimum Gasteiger partial charge on any atom is -0.338 e. The lowest BCUT2D eigenvalue weighted by atomic mass is 10.1. The first-order valence-corrected chi connectivity index (χ1v) is 8.07. The number of rotatable bonds is 4. The maximum absolute atomic E-state index is 12.2. The zero-order chi connectivity index (χ0) is 16.7. The van der Waals surface area contributed by atoms with Crippen LogP contribution in [0.4, 0.5) is 0 Å². The van der Waals surface area contributed by atoms with E-state index in [0.29, 0.717) is 12.3 Å². The second kappa shape index (κ2) is 6.03. The van der Waals surface area contributed by atoms with E-state index in [0.717, 1.165) is 31.2 Å². The first-order valence-electron chi connectivity index (χ1n) is 8.07. The molecule has 1 amide bonds. The first kappa shape index (κ1) is 17.0. The summed E-state index contributed by atoms with van der Waals surface area (Å²) >= 11 is 0. The average Bonchev–Trinajstić information content (AvgIpc) is 2.85. The van der Waals surface area contributed by atoms with Crippen LogP contribution < -0.4 is 0 Å². The van der Waals surface area contributed by atoms with Crippen molar-refractivity contribution in [3.8, 4) is 0 Å². The Morgan fingerprint density at radius 3 is 2.41 bits per heavy atom. The fourth-order valence-electron chi connectivity index (χ4n) is 3.23. The maximum Gasteiger partial charge on any atom is 0.223 e. The predicted molar refractivity (Wildman–Crippen MR) is 88.6 cm³/mol. The molecular formula is C17H30N4O. The van der Waals surface area contributed by atoms with Gasteiger partial charge in [0.1, 0.15) is 5.82 Å². The summed E-state index contributed by atoms with van der Waals surface area (Å²) in [6.45, 7) is 13.1. The van der Waals surface area contributed by atoms with Gasteiger partial charge in [-0.3, -0.25) is 9.69 Å². The third-order valence-corrected chi connectivity index (χ3v) is 4.71. The molecule has 1 aliphatic heterocycles. The van der Waals surface area contributed by atoms with E-state index in [1.165, 1.54) is 5.69 Å². The molecule has 2 heterocycles. The van der Waals surface area contributed by atoms with Gasteiger partial charge in [-0.2, -0.15) is 0 Å². The Kier molecular flexibility index (Phi) is 4.66. The van der Waals surface area contributed by atoms with Crippen molar-refractivity contribution in [2.45, 2.75) is 53.1 Å². The van der Waals surface area contributed by atoms with Gasteiger partial charge in [0.15, 0.2) is 0 Å². The van der Waals surface area contributed by atoms with Crippen LogP contribution in [-0.2, 0) is 18.4 Å². The molecule has 1 aromatic rings. The molecule has 124 valence electrons. The summed E-state index contributed by atoms with van der Waals surface area (Å²) < 4.78 is 2.16. The van der Waals surface area contributed by atoms with Gasteiger partial charge in [0, 0.05) is 37.8 Å². The van der Waals surface area contributed by atoms with Crippen LogP contribution in [0.15, 0.2) is 0 Å². The summed E-state index contributed by atoms with van der Waals surface area (Å²) in [4.78, 5) is 21.1. The second-order valence-corrected chi connectivity index (χ2v) is 7.70. The zero-order valence-electron chi connectivity index (χ0n) is 15.1. The molecule has 0 N–H and O–H groups in total. The maximum atomic E-state index is 12.2. The smallest absolute Gasteiger partial charge is 0.223 e. The molecule has 1 aliphatic rings. The molecule has 0 aliphatic carbocycles. The number of imidazole rings is 1. The molecule has 5 nitrogen and oxygen atoms in total. The molecule has 0 radical (unpaired) electrons. The molecule has 0 aromatic carbocycles. The number of amides is 1. The average molecular weight is 306 g/mol. The standard InChI is InChI=1S/C17H30N4O/c1-12-13(2)20(7)15(18-12)11-19(6)9-14-8-16(22)21(10-14)17(3,4)5/h14H,8-11H2,1-7H3/t14-/m1/s1. The van der Waals surface area contributed by atoms with Gasteiger partial charge in [0.05, 0.1) is 12.2 Å². The summed E-state index contributed by atoms with van der Waals surface area (Å²) in [5.74, 6) is 1.79. The van der Waals surface area contributed by atoms with Gasteiger partial charge < -0.3 is 9.47 Å². The Morgan fingerprint density at radius 2 is 1.95 bits per heavy atom. The normalized spacial score (nSPS) is 19.5. The van der Waals surface area contributed by atoms with E-state index in [9.17, 15) is 4.79 Å². The van der Waals surface area contributed by atoms with Crippen LogP contribution in [0, 0.1) is 19.8 Å². The molecule has 2 rings (SSSR count). The third kappa shape index (κ3) is 3.51. The van der Waals surface area contributed by atoms with Crippen molar-refractivity contribution in [1.82, 2.24) is 19.4 Å². The van der Waals surface area contributed by atoms with Crippen LogP contribution in [-0.4, -0.2) is 50.9 Å². The van der Waals surface area contributed by atoms with Gasteiger partial charge in [-0.05, 0) is 47.6 Å². The molecule has 0 unspecified atom stereocenters. The van der Waals surface area contributed by atoms with Crippen molar-refractivity contribution >= 4 is 5.91 Å². The van der Waals surface area contributed by atoms with Gasteiger partial charge in [0.2, 0.25) is 5.91 Å². The van der Waals surface area contributed by atoms with Gasteiger partial charge in [0.25, 0.3) is 0 Å². The van der Waals surface area contributed by atoms with E-state index in [2.05, 4.69) is 63.2 Å². The van der Waals surface area contributed by atoms with Crippen molar-refractivity contribution in [3.05, 3.63) is 17.2 Å². The molecule has 1 aromatic heterocycles. The molecule has 0 saturated carbocycles. The minimum atomic E-state index is -0.0711. The van der Waals surface area contributed by atoms with Gasteiger partial charge >= 0.3 is 0 Å². The summed E-state index contributed by atoms with van der Waals surface area (Å²) in [5, 5.41) is 0. The van der Waals surface area contributed by atoms with E-state index < -0.39 is 0 Å². The van der Waals surface area contributed by atoms with E-state index in [1.54, 1.807) is 0 Å². The van der Waals surface area contributed by atoms with Crippen LogP contribution in [0.1, 0.15) is 44.4 Å². The Morgan fingerprint density at radius 1 is 1.32 bits per heavy atom. The van der Waals surface area contributed by atoms with Gasteiger partial charge in [-0.25, -0.2) is 4.98 Å². The Hall–Kier alpha value is -1.36. The Bertz CT molecular complexity index is 556. The second-order valence-electron chi connectivity index (χ2n) is 7.70. The molecule has 1 saturated heterocycles. The van der Waals surface area contributed by atoms with Crippen molar-refractivity contribution < 1.29 is 4.79 Å². The van der Waals surface area contributed by atoms with E-state index in [-0.39, 0.29) is 11.4 Å². The van der Waals surface area contributed by atoms with E-state index in [1.807, 2.05) is 4.90 Å². The highest BCUT2D eigenvalue weighted by molar-refractivity contribution is 5.79. The van der Waals surface area contributed by atoms with E-state index >= 15 is 0 Å². The summed E-state index contributed by atoms with van der Waals surface area (Å²) in [7, 11) is 4.18. The molecule has 5 heteroatoms. The number of carbonyl (C=O) groups is 1. The van der Waals surface area contributed by atoms with Crippen molar-refractivity contribution in [3.63, 3.8) is 0 Å². The fraction of sp³-hybridized carbons (Fsp3) is 0.765. The summed E-state index contributed by atoms with van der Waals surface area (Å²) in [5.41, 5.74) is 2.25. The van der Waals surface area contributed by atoms with E-state index in [4.69, 9.17) is 0 Å². The lowest BCUT2D eigenvalue weighted by Crippen LogP contribution is -2.42. The number of aryl methyl sites for hydroxylation is 1. The van der Waals surface area contributed by atoms with Crippen molar-refractivity contribution in [1.29, 1.82) is 0 Å². The molecular weight excluding hydrogens is 276 g/mol. The van der Waals surface area contributed by atoms with Crippen molar-refractivity contribution in [2.75, 3.05) is 20.1 Å². The largest absolute Gasteiger partial charge is 0.338 e. The molecule has 0 bridgehead atoms. The number of hydrogen-bond acceptors (Lipinski definition) is 3. The number of carbonyl (C=O) groups excluding carboxylic acids is 1. The predicted octanol–water partition coefficient (Wildman–Crippen LogP) is 2.12. The van der Waals surface area contributed by atoms with Crippen molar-refractivity contribution in [2.24, 2.45) is 13.0 Å². The number of likely N-dealkylation sites (tertiary alicyclic amines) is 1. The topological polar surface area (TPSA) is 41.4 Å². The highest BCUT2D eigenvalue weighted by atomic mass is 16.2. The fourth-order valence-corrected chi connectivity index (χ4v) is 3.23. The van der Waals surface area contributed by atoms with Crippen LogP contribution in [0.5, 0.6) is 0 Å². The van der Waals surface area contributed by atoms with Gasteiger partial charge in [-0.1, -0.05) is 0 Å². The monoisotopic (exact) mass is 306 g/mol. The third-order valence-electron chi connectivity index (χ3n) is 4.71. The quantitative estimate of drug-likeness (QED) is 0.855. The Labute approximate surface area is 134 Å². The van der Waals surface area contributed by atoms with Gasteiger partial charge in [-0.15, -0.1) is 0 Å². The summed E-state index contributed by atoms with van der Waals surface area (Å²) in [6, 6.07) is 0. The first-order chi connectivity index (χ1) is 10.1. The summed E-state index contributed by atoms with van der Waals surface area (Å²) in [6.07, 6.45) is 0.667. The lowest BCUT2D eigenvalue weighted by molar-refractivity contribution is -0.131. The highest BCUT2D eigenvalue weighted by Crippen LogP contribution is 2.26. The highest BCUT2D eigenvalue weighted by Gasteiger charge is 2.36. The molecule has 22 heavy (non-hydrogen) atoms. The van der Waals surface area contributed by atoms with Crippen LogP contribution in [0.3, 0.4) is 0 Å². The minimum absolute atomic E-state index is 0.0711. The van der Waals surface area contributed by atoms with Crippen LogP contribution >= 0.6 is 0 Å². The molecule has 1 atom stereocenters. The van der Waals surface area contributed by atoms with Crippen LogP contribution in [0.25, 0.3) is 0 Å². The molecule has 0 spiro atoms. The Balaban J connectivity index is 1.94. The lowest BCUT2D eigenvalue weighted by Gasteiger charge is -2.32. The number of nitrogens with zero attached hydrogens (tertiary/aromatic N) is 4. The zero-order valence-corrected chi connectivity index (χ0v) is 15.1.